The number of carbonyl (C=O) groups excluding carboxylic acids is 1. The first-order chi connectivity index (χ1) is 6.54. The minimum Gasteiger partial charge on any atom is -0.420 e. The Labute approximate surface area is 96.0 Å². The number of benzene rings is 1. The summed E-state index contributed by atoms with van der Waals surface area (Å²) in [5.74, 6) is -0.543. The monoisotopic (exact) mass is 250 g/mol. The molecule has 0 fully saturated rings. The summed E-state index contributed by atoms with van der Waals surface area (Å²) in [6.45, 7) is 3.25. The van der Waals surface area contributed by atoms with Crippen molar-refractivity contribution in [2.75, 3.05) is 0 Å². The second kappa shape index (κ2) is 4.69. The maximum absolute atomic E-state index is 10.9. The number of hydrogen-bond donors (Lipinski definition) is 0. The molecule has 0 aromatic heterocycles. The quantitative estimate of drug-likeness (QED) is 0.455. The van der Waals surface area contributed by atoms with Gasteiger partial charge >= 0.3 is 5.97 Å². The number of ether oxygens (including phenoxy) is 1. The minimum absolute atomic E-state index is 0.0858. The van der Waals surface area contributed by atoms with Gasteiger partial charge in [0.15, 0.2) is 5.75 Å². The van der Waals surface area contributed by atoms with E-state index in [4.69, 9.17) is 39.5 Å². The van der Waals surface area contributed by atoms with Gasteiger partial charge in [0.1, 0.15) is 0 Å². The van der Waals surface area contributed by atoms with Crippen molar-refractivity contribution in [2.24, 2.45) is 0 Å². The Hall–Kier alpha value is -0.700. The third kappa shape index (κ3) is 2.64. The van der Waals surface area contributed by atoms with Crippen LogP contribution < -0.4 is 4.74 Å². The highest BCUT2D eigenvalue weighted by molar-refractivity contribution is 6.40. The van der Waals surface area contributed by atoms with Crippen LogP contribution in [-0.2, 0) is 4.79 Å². The Morgan fingerprint density at radius 1 is 1.29 bits per heavy atom. The van der Waals surface area contributed by atoms with Crippen molar-refractivity contribution < 1.29 is 9.53 Å². The van der Waals surface area contributed by atoms with Gasteiger partial charge in [-0.3, -0.25) is 0 Å². The second-order valence-corrected chi connectivity index (χ2v) is 3.57. The summed E-state index contributed by atoms with van der Waals surface area (Å²) in [4.78, 5) is 10.9. The number of halogens is 3. The van der Waals surface area contributed by atoms with Crippen molar-refractivity contribution >= 4 is 40.8 Å². The molecule has 0 N–H and O–H groups in total. The highest BCUT2D eigenvalue weighted by Crippen LogP contribution is 2.35. The molecule has 0 saturated carbocycles. The van der Waals surface area contributed by atoms with E-state index in [0.29, 0.717) is 5.02 Å². The molecule has 2 nitrogen and oxygen atoms in total. The van der Waals surface area contributed by atoms with E-state index in [-0.39, 0.29) is 15.8 Å². The molecule has 1 aromatic rings. The topological polar surface area (TPSA) is 26.3 Å². The van der Waals surface area contributed by atoms with E-state index in [9.17, 15) is 4.79 Å². The zero-order chi connectivity index (χ0) is 10.7. The van der Waals surface area contributed by atoms with Gasteiger partial charge in [-0.25, -0.2) is 4.79 Å². The molecule has 0 atom stereocenters. The zero-order valence-corrected chi connectivity index (χ0v) is 9.16. The predicted octanol–water partition coefficient (Wildman–Crippen LogP) is 3.74. The molecule has 5 heteroatoms. The lowest BCUT2D eigenvalue weighted by atomic mass is 10.3. The Balaban J connectivity index is 3.08. The van der Waals surface area contributed by atoms with Gasteiger partial charge < -0.3 is 4.74 Å². The molecule has 74 valence electrons. The summed E-state index contributed by atoms with van der Waals surface area (Å²) in [6, 6.07) is 2.86. The summed E-state index contributed by atoms with van der Waals surface area (Å²) in [5, 5.41) is 0.730. The fraction of sp³-hybridized carbons (Fsp3) is 0. The van der Waals surface area contributed by atoms with Gasteiger partial charge in [-0.1, -0.05) is 41.4 Å². The first kappa shape index (κ1) is 11.4. The summed E-state index contributed by atoms with van der Waals surface area (Å²) in [6.07, 6.45) is 1.02. The van der Waals surface area contributed by atoms with Gasteiger partial charge in [0.2, 0.25) is 0 Å². The summed E-state index contributed by atoms with van der Waals surface area (Å²) >= 11 is 17.2. The van der Waals surface area contributed by atoms with Crippen LogP contribution in [0.3, 0.4) is 0 Å². The smallest absolute Gasteiger partial charge is 0.335 e. The van der Waals surface area contributed by atoms with Gasteiger partial charge in [0.05, 0.1) is 10.0 Å². The van der Waals surface area contributed by atoms with Gasteiger partial charge in [0, 0.05) is 11.1 Å². The normalized spacial score (nSPS) is 9.64. The van der Waals surface area contributed by atoms with Crippen LogP contribution in [0.15, 0.2) is 24.8 Å². The van der Waals surface area contributed by atoms with Gasteiger partial charge in [-0.2, -0.15) is 0 Å². The maximum Gasteiger partial charge on any atom is 0.335 e. The Kier molecular flexibility index (Phi) is 3.81. The van der Waals surface area contributed by atoms with Crippen molar-refractivity contribution in [3.8, 4) is 5.75 Å². The Morgan fingerprint density at radius 2 is 1.79 bits per heavy atom. The molecule has 0 amide bonds. The third-order valence-corrected chi connectivity index (χ3v) is 2.11. The van der Waals surface area contributed by atoms with Crippen molar-refractivity contribution in [3.05, 3.63) is 39.9 Å². The molecule has 0 bridgehead atoms. The van der Waals surface area contributed by atoms with E-state index in [1.165, 1.54) is 12.1 Å². The van der Waals surface area contributed by atoms with Crippen molar-refractivity contribution in [1.82, 2.24) is 0 Å². The van der Waals surface area contributed by atoms with E-state index in [2.05, 4.69) is 6.58 Å². The van der Waals surface area contributed by atoms with Gasteiger partial charge in [-0.05, 0) is 12.1 Å². The Morgan fingerprint density at radius 3 is 2.21 bits per heavy atom. The van der Waals surface area contributed by atoms with E-state index in [1.807, 2.05) is 0 Å². The van der Waals surface area contributed by atoms with E-state index >= 15 is 0 Å². The Bertz CT molecular complexity index is 365. The zero-order valence-electron chi connectivity index (χ0n) is 6.89. The third-order valence-electron chi connectivity index (χ3n) is 1.33. The average molecular weight is 251 g/mol. The summed E-state index contributed by atoms with van der Waals surface area (Å²) in [7, 11) is 0. The molecular weight excluding hydrogens is 246 g/mol. The fourth-order valence-electron chi connectivity index (χ4n) is 0.769. The predicted molar refractivity (Wildman–Crippen MR) is 57.3 cm³/mol. The van der Waals surface area contributed by atoms with Crippen LogP contribution in [0.4, 0.5) is 0 Å². The van der Waals surface area contributed by atoms with Crippen LogP contribution in [-0.4, -0.2) is 5.97 Å². The summed E-state index contributed by atoms with van der Waals surface area (Å²) < 4.78 is 4.80. The van der Waals surface area contributed by atoms with Crippen LogP contribution in [0.5, 0.6) is 5.75 Å². The van der Waals surface area contributed by atoms with Crippen LogP contribution in [0.2, 0.25) is 15.1 Å². The van der Waals surface area contributed by atoms with Crippen molar-refractivity contribution in [2.45, 2.75) is 0 Å². The average Bonchev–Trinajstić information content (AvgIpc) is 2.10. The number of carbonyl (C=O) groups is 1. The van der Waals surface area contributed by atoms with Gasteiger partial charge in [0.25, 0.3) is 0 Å². The lowest BCUT2D eigenvalue weighted by Crippen LogP contribution is -2.03. The molecule has 0 aliphatic rings. The molecule has 0 radical (unpaired) electrons. The van der Waals surface area contributed by atoms with Crippen LogP contribution in [0.25, 0.3) is 0 Å². The molecule has 0 aliphatic heterocycles. The molecule has 0 unspecified atom stereocenters. The molecule has 0 spiro atoms. The first-order valence-corrected chi connectivity index (χ1v) is 4.66. The van der Waals surface area contributed by atoms with Gasteiger partial charge in [-0.15, -0.1) is 0 Å². The first-order valence-electron chi connectivity index (χ1n) is 3.53. The molecule has 1 rings (SSSR count). The molecule has 0 heterocycles. The molecule has 14 heavy (non-hydrogen) atoms. The number of rotatable bonds is 2. The molecule has 0 aliphatic carbocycles. The van der Waals surface area contributed by atoms with Crippen LogP contribution >= 0.6 is 34.8 Å². The maximum atomic E-state index is 10.9. The lowest BCUT2D eigenvalue weighted by molar-refractivity contribution is -0.128. The van der Waals surface area contributed by atoms with E-state index < -0.39 is 5.97 Å². The van der Waals surface area contributed by atoms with E-state index in [0.717, 1.165) is 6.08 Å². The lowest BCUT2D eigenvalue weighted by Gasteiger charge is -2.06. The minimum atomic E-state index is -0.629. The SMILES string of the molecule is C=CC(=O)Oc1c(Cl)cc(Cl)cc1Cl. The standard InChI is InChI=1S/C9H5Cl3O2/c1-2-8(13)14-9-6(11)3-5(10)4-7(9)12/h2-4H,1H2. The molecular formula is C9H5Cl3O2. The highest BCUT2D eigenvalue weighted by atomic mass is 35.5. The molecule has 0 saturated heterocycles. The fourth-order valence-corrected chi connectivity index (χ4v) is 1.66. The number of hydrogen-bond acceptors (Lipinski definition) is 2. The van der Waals surface area contributed by atoms with Crippen molar-refractivity contribution in [3.63, 3.8) is 0 Å². The van der Waals surface area contributed by atoms with Crippen LogP contribution in [0.1, 0.15) is 0 Å². The molecule has 1 aromatic carbocycles. The summed E-state index contributed by atoms with van der Waals surface area (Å²) in [5.41, 5.74) is 0. The number of esters is 1. The van der Waals surface area contributed by atoms with Crippen LogP contribution in [0, 0.1) is 0 Å². The second-order valence-electron chi connectivity index (χ2n) is 2.32. The highest BCUT2D eigenvalue weighted by Gasteiger charge is 2.11. The van der Waals surface area contributed by atoms with E-state index in [1.54, 1.807) is 0 Å². The largest absolute Gasteiger partial charge is 0.420 e. The van der Waals surface area contributed by atoms with Crippen molar-refractivity contribution in [1.29, 1.82) is 0 Å².